The molecule has 0 bridgehead atoms. The number of carbonyl (C=O) groups is 2. The van der Waals surface area contributed by atoms with Gasteiger partial charge in [-0.3, -0.25) is 14.5 Å². The molecule has 1 N–H and O–H groups in total. The quantitative estimate of drug-likeness (QED) is 0.243. The minimum Gasteiger partial charge on any atom is -0.353 e. The Balaban J connectivity index is 1.29. The average Bonchev–Trinajstić information content (AvgIpc) is 3.67. The molecule has 0 aromatic carbocycles. The summed E-state index contributed by atoms with van der Waals surface area (Å²) in [5.41, 5.74) is 3.20. The number of pyridine rings is 1. The van der Waals surface area contributed by atoms with Gasteiger partial charge >= 0.3 is 0 Å². The van der Waals surface area contributed by atoms with E-state index >= 15 is 0 Å². The van der Waals surface area contributed by atoms with Crippen molar-refractivity contribution in [3.63, 3.8) is 0 Å². The fourth-order valence-corrected chi connectivity index (χ4v) is 7.66. The number of sulfone groups is 1. The van der Waals surface area contributed by atoms with Gasteiger partial charge in [0.25, 0.3) is 5.91 Å². The first-order chi connectivity index (χ1) is 22.0. The normalized spacial score (nSPS) is 17.6. The van der Waals surface area contributed by atoms with E-state index in [9.17, 15) is 18.0 Å². The molecule has 2 fully saturated rings. The van der Waals surface area contributed by atoms with Crippen LogP contribution in [-0.2, 0) is 14.6 Å². The second-order valence-corrected chi connectivity index (χ2v) is 15.4. The maximum Gasteiger partial charge on any atom is 0.251 e. The molecule has 0 radical (unpaired) electrons. The number of likely N-dealkylation sites (N-methyl/N-ethyl adjacent to an activating group) is 1. The maximum atomic E-state index is 13.6. The SMILES string of the molecule is CCN(CC)[C@@H](C)CNC(=O)c1cc(-c2cnn3ccc(-c4cccs4)nc23)nc(N2CC[C@H]2CC(=O)N2CC(S(C)(=O)=O)C2)c1. The van der Waals surface area contributed by atoms with E-state index < -0.39 is 15.1 Å². The molecule has 46 heavy (non-hydrogen) atoms. The molecule has 14 heteroatoms. The summed E-state index contributed by atoms with van der Waals surface area (Å²) in [7, 11) is -3.16. The van der Waals surface area contributed by atoms with Crippen molar-refractivity contribution in [2.75, 3.05) is 50.4 Å². The van der Waals surface area contributed by atoms with Crippen molar-refractivity contribution in [3.8, 4) is 21.8 Å². The number of likely N-dealkylation sites (tertiary alicyclic amines) is 1. The molecule has 0 spiro atoms. The third-order valence-electron chi connectivity index (χ3n) is 9.14. The van der Waals surface area contributed by atoms with Gasteiger partial charge in [-0.2, -0.15) is 5.10 Å². The Morgan fingerprint density at radius 2 is 1.91 bits per heavy atom. The molecule has 0 saturated carbocycles. The van der Waals surface area contributed by atoms with Crippen molar-refractivity contribution in [1.29, 1.82) is 0 Å². The highest BCUT2D eigenvalue weighted by Crippen LogP contribution is 2.33. The molecule has 4 aromatic heterocycles. The lowest BCUT2D eigenvalue weighted by Gasteiger charge is -2.44. The highest BCUT2D eigenvalue weighted by atomic mass is 32.2. The molecule has 2 saturated heterocycles. The summed E-state index contributed by atoms with van der Waals surface area (Å²) in [6.45, 7) is 9.78. The first-order valence-corrected chi connectivity index (χ1v) is 18.5. The smallest absolute Gasteiger partial charge is 0.251 e. The van der Waals surface area contributed by atoms with Crippen molar-refractivity contribution >= 4 is 44.5 Å². The molecule has 2 aliphatic rings. The first kappa shape index (κ1) is 32.1. The van der Waals surface area contributed by atoms with Crippen LogP contribution in [0.25, 0.3) is 27.5 Å². The number of amides is 2. The molecule has 0 aliphatic carbocycles. The van der Waals surface area contributed by atoms with Gasteiger partial charge in [-0.25, -0.2) is 22.9 Å². The maximum absolute atomic E-state index is 13.6. The van der Waals surface area contributed by atoms with Gasteiger partial charge in [-0.05, 0) is 56.1 Å². The number of rotatable bonds is 12. The van der Waals surface area contributed by atoms with Gasteiger partial charge in [0.15, 0.2) is 15.5 Å². The summed E-state index contributed by atoms with van der Waals surface area (Å²) in [4.78, 5) is 43.5. The third kappa shape index (κ3) is 6.51. The summed E-state index contributed by atoms with van der Waals surface area (Å²) in [6, 6.07) is 9.58. The van der Waals surface area contributed by atoms with Crippen LogP contribution >= 0.6 is 11.3 Å². The number of carbonyl (C=O) groups excluding carboxylic acids is 2. The van der Waals surface area contributed by atoms with Crippen molar-refractivity contribution < 1.29 is 18.0 Å². The lowest BCUT2D eigenvalue weighted by molar-refractivity contribution is -0.135. The summed E-state index contributed by atoms with van der Waals surface area (Å²) < 4.78 is 25.4. The lowest BCUT2D eigenvalue weighted by atomic mass is 9.97. The van der Waals surface area contributed by atoms with Crippen LogP contribution in [0.3, 0.4) is 0 Å². The minimum absolute atomic E-state index is 0.0675. The van der Waals surface area contributed by atoms with E-state index in [1.54, 1.807) is 39.1 Å². The van der Waals surface area contributed by atoms with Crippen LogP contribution in [-0.4, -0.2) is 112 Å². The summed E-state index contributed by atoms with van der Waals surface area (Å²) in [5, 5.41) is 9.14. The van der Waals surface area contributed by atoms with Crippen LogP contribution < -0.4 is 10.2 Å². The number of anilines is 1. The molecule has 6 rings (SSSR count). The van der Waals surface area contributed by atoms with E-state index in [-0.39, 0.29) is 43.4 Å². The number of nitrogens with zero attached hydrogens (tertiary/aromatic N) is 7. The fourth-order valence-electron chi connectivity index (χ4n) is 6.06. The molecule has 2 aliphatic heterocycles. The van der Waals surface area contributed by atoms with Crippen molar-refractivity contribution in [2.45, 2.75) is 50.9 Å². The van der Waals surface area contributed by atoms with Crippen LogP contribution in [0, 0.1) is 0 Å². The topological polar surface area (TPSA) is 133 Å². The molecule has 4 aromatic rings. The van der Waals surface area contributed by atoms with E-state index in [0.717, 1.165) is 30.1 Å². The van der Waals surface area contributed by atoms with Crippen molar-refractivity contribution in [3.05, 3.63) is 53.7 Å². The number of hydrogen-bond acceptors (Lipinski definition) is 10. The summed E-state index contributed by atoms with van der Waals surface area (Å²) in [6.07, 6.45) is 5.86. The predicted octanol–water partition coefficient (Wildman–Crippen LogP) is 3.20. The lowest BCUT2D eigenvalue weighted by Crippen LogP contribution is -2.59. The van der Waals surface area contributed by atoms with E-state index in [1.807, 2.05) is 29.8 Å². The zero-order chi connectivity index (χ0) is 32.6. The van der Waals surface area contributed by atoms with Crippen LogP contribution in [0.15, 0.2) is 48.1 Å². The number of fused-ring (bicyclic) bond motifs is 1. The number of nitrogens with one attached hydrogen (secondary N) is 1. The molecule has 2 amide bonds. The zero-order valence-electron chi connectivity index (χ0n) is 26.6. The van der Waals surface area contributed by atoms with Gasteiger partial charge in [0, 0.05) is 62.7 Å². The summed E-state index contributed by atoms with van der Waals surface area (Å²) >= 11 is 1.61. The van der Waals surface area contributed by atoms with Gasteiger partial charge in [0.1, 0.15) is 5.82 Å². The molecule has 6 heterocycles. The van der Waals surface area contributed by atoms with Crippen molar-refractivity contribution in [2.24, 2.45) is 0 Å². The van der Waals surface area contributed by atoms with Crippen LogP contribution in [0.2, 0.25) is 0 Å². The minimum atomic E-state index is -3.16. The fraction of sp³-hybridized carbons (Fsp3) is 0.469. The number of hydrogen-bond donors (Lipinski definition) is 1. The number of thiophene rings is 1. The van der Waals surface area contributed by atoms with Crippen molar-refractivity contribution in [1.82, 2.24) is 34.7 Å². The number of aromatic nitrogens is 4. The Morgan fingerprint density at radius 3 is 2.57 bits per heavy atom. The molecule has 12 nitrogen and oxygen atoms in total. The van der Waals surface area contributed by atoms with E-state index in [0.29, 0.717) is 41.4 Å². The van der Waals surface area contributed by atoms with Gasteiger partial charge in [-0.15, -0.1) is 11.3 Å². The first-order valence-electron chi connectivity index (χ1n) is 15.7. The van der Waals surface area contributed by atoms with E-state index in [4.69, 9.17) is 9.97 Å². The predicted molar refractivity (Wildman–Crippen MR) is 180 cm³/mol. The average molecular weight is 665 g/mol. The standard InChI is InChI=1S/C32H40N8O4S2/c1-5-37(6-2)21(3)17-33-32(42)22-14-27(25-18-34-40-12-10-26(36-31(25)40)28-8-7-13-45-28)35-29(15-22)39-11-9-23(39)16-30(41)38-19-24(20-38)46(4,43)44/h7-8,10,12-15,18,21,23-24H,5-6,9,11,16-17,19-20H2,1-4H3,(H,33,42)/t21-,23-/m0/s1. The monoisotopic (exact) mass is 664 g/mol. The largest absolute Gasteiger partial charge is 0.353 e. The van der Waals surface area contributed by atoms with Gasteiger partial charge in [0.05, 0.1) is 33.3 Å². The Kier molecular flexibility index (Phi) is 9.12. The molecular weight excluding hydrogens is 625 g/mol. The van der Waals surface area contributed by atoms with Gasteiger partial charge in [-0.1, -0.05) is 19.9 Å². The second kappa shape index (κ2) is 13.1. The molecule has 244 valence electrons. The van der Waals surface area contributed by atoms with Crippen LogP contribution in [0.5, 0.6) is 0 Å². The Morgan fingerprint density at radius 1 is 1.13 bits per heavy atom. The summed E-state index contributed by atoms with van der Waals surface area (Å²) in [5.74, 6) is 0.338. The second-order valence-electron chi connectivity index (χ2n) is 12.1. The van der Waals surface area contributed by atoms with E-state index in [2.05, 4.69) is 41.0 Å². The zero-order valence-corrected chi connectivity index (χ0v) is 28.2. The van der Waals surface area contributed by atoms with Gasteiger partial charge < -0.3 is 15.1 Å². The van der Waals surface area contributed by atoms with Crippen LogP contribution in [0.4, 0.5) is 5.82 Å². The Bertz CT molecular complexity index is 1830. The van der Waals surface area contributed by atoms with Crippen LogP contribution in [0.1, 0.15) is 44.0 Å². The highest BCUT2D eigenvalue weighted by Gasteiger charge is 2.40. The Hall–Kier alpha value is -3.88. The van der Waals surface area contributed by atoms with E-state index in [1.165, 1.54) is 6.26 Å². The molecular formula is C32H40N8O4S2. The van der Waals surface area contributed by atoms with Gasteiger partial charge in [0.2, 0.25) is 5.91 Å². The third-order valence-corrected chi connectivity index (χ3v) is 11.5. The Labute approximate surface area is 273 Å². The molecule has 0 unspecified atom stereocenters. The highest BCUT2D eigenvalue weighted by molar-refractivity contribution is 7.91. The molecule has 2 atom stereocenters.